The predicted molar refractivity (Wildman–Crippen MR) is 55.0 cm³/mol. The molecule has 0 aromatic heterocycles. The lowest BCUT2D eigenvalue weighted by Crippen LogP contribution is -2.19. The average Bonchev–Trinajstić information content (AvgIpc) is 2.04. The molecule has 5 heteroatoms. The lowest BCUT2D eigenvalue weighted by atomic mass is 10.2. The third-order valence-electron chi connectivity index (χ3n) is 1.46. The molecular weight excluding hydrogens is 207 g/mol. The molecule has 0 saturated carbocycles. The van der Waals surface area contributed by atoms with E-state index in [2.05, 4.69) is 0 Å². The second-order valence-electron chi connectivity index (χ2n) is 2.52. The van der Waals surface area contributed by atoms with E-state index in [0.29, 0.717) is 5.56 Å². The van der Waals surface area contributed by atoms with Crippen LogP contribution in [0.15, 0.2) is 30.0 Å². The lowest BCUT2D eigenvalue weighted by Gasteiger charge is -1.96. The van der Waals surface area contributed by atoms with E-state index in [0.717, 1.165) is 0 Å². The number of benzene rings is 1. The molecule has 4 N–H and O–H groups in total. The van der Waals surface area contributed by atoms with Gasteiger partial charge in [0.25, 0.3) is 5.91 Å². The van der Waals surface area contributed by atoms with Gasteiger partial charge in [0.2, 0.25) is 0 Å². The zero-order valence-electron chi connectivity index (χ0n) is 7.24. The third-order valence-corrected chi connectivity index (χ3v) is 1.46. The number of halogens is 2. The molecule has 0 saturated heterocycles. The number of hydrogen-bond acceptors (Lipinski definition) is 2. The highest BCUT2D eigenvalue weighted by molar-refractivity contribution is 5.95. The van der Waals surface area contributed by atoms with E-state index >= 15 is 0 Å². The quantitative estimate of drug-likeness (QED) is 0.725. The lowest BCUT2D eigenvalue weighted by molar-refractivity contribution is -0.114. The number of hydrogen-bond donors (Lipinski definition) is 2. The van der Waals surface area contributed by atoms with Crippen LogP contribution in [0.3, 0.4) is 0 Å². The first-order valence-electron chi connectivity index (χ1n) is 3.62. The van der Waals surface area contributed by atoms with Gasteiger partial charge in [-0.1, -0.05) is 12.1 Å². The molecule has 1 aromatic rings. The van der Waals surface area contributed by atoms with E-state index in [1.807, 2.05) is 0 Å². The van der Waals surface area contributed by atoms with Gasteiger partial charge in [0, 0.05) is 0 Å². The van der Waals surface area contributed by atoms with Crippen molar-refractivity contribution in [3.05, 3.63) is 41.3 Å². The molecule has 3 nitrogen and oxygen atoms in total. The summed E-state index contributed by atoms with van der Waals surface area (Å²) in [6, 6.07) is 5.71. The van der Waals surface area contributed by atoms with Crippen molar-refractivity contribution < 1.29 is 9.18 Å². The van der Waals surface area contributed by atoms with Crippen LogP contribution in [0.4, 0.5) is 4.39 Å². The topological polar surface area (TPSA) is 69.1 Å². The summed E-state index contributed by atoms with van der Waals surface area (Å²) in [5.41, 5.74) is 10.6. The van der Waals surface area contributed by atoms with Gasteiger partial charge < -0.3 is 11.5 Å². The SMILES string of the molecule is Cl.NC(=O)C(N)=Cc1cccc(F)c1. The van der Waals surface area contributed by atoms with Crippen molar-refractivity contribution in [1.82, 2.24) is 0 Å². The Hall–Kier alpha value is -1.55. The van der Waals surface area contributed by atoms with Gasteiger partial charge in [0.15, 0.2) is 0 Å². The van der Waals surface area contributed by atoms with E-state index in [9.17, 15) is 9.18 Å². The molecule has 0 spiro atoms. The van der Waals surface area contributed by atoms with Gasteiger partial charge in [-0.25, -0.2) is 4.39 Å². The Labute approximate surface area is 87.0 Å². The molecule has 0 fully saturated rings. The van der Waals surface area contributed by atoms with Crippen molar-refractivity contribution in [1.29, 1.82) is 0 Å². The van der Waals surface area contributed by atoms with Crippen LogP contribution >= 0.6 is 12.4 Å². The highest BCUT2D eigenvalue weighted by atomic mass is 35.5. The minimum atomic E-state index is -0.718. The standard InChI is InChI=1S/C9H9FN2O.ClH/c10-7-3-1-2-6(4-7)5-8(11)9(12)13;/h1-5H,11H2,(H2,12,13);1H. The molecular formula is C9H10ClFN2O. The molecule has 1 rings (SSSR count). The summed E-state index contributed by atoms with van der Waals surface area (Å²) < 4.78 is 12.6. The smallest absolute Gasteiger partial charge is 0.264 e. The highest BCUT2D eigenvalue weighted by Gasteiger charge is 1.98. The van der Waals surface area contributed by atoms with Crippen molar-refractivity contribution in [2.75, 3.05) is 0 Å². The van der Waals surface area contributed by atoms with E-state index in [4.69, 9.17) is 11.5 Å². The van der Waals surface area contributed by atoms with Crippen molar-refractivity contribution in [3.8, 4) is 0 Å². The second-order valence-corrected chi connectivity index (χ2v) is 2.52. The van der Waals surface area contributed by atoms with E-state index in [1.54, 1.807) is 6.07 Å². The fraction of sp³-hybridized carbons (Fsp3) is 0. The summed E-state index contributed by atoms with van der Waals surface area (Å²) in [6.07, 6.45) is 1.32. The Morgan fingerprint density at radius 3 is 2.50 bits per heavy atom. The maximum atomic E-state index is 12.6. The van der Waals surface area contributed by atoms with Crippen LogP contribution < -0.4 is 11.5 Å². The summed E-state index contributed by atoms with van der Waals surface area (Å²) in [7, 11) is 0. The summed E-state index contributed by atoms with van der Waals surface area (Å²) in [6.45, 7) is 0. The normalized spacial score (nSPS) is 10.5. The predicted octanol–water partition coefficient (Wildman–Crippen LogP) is 1.03. The van der Waals surface area contributed by atoms with Gasteiger partial charge in [-0.15, -0.1) is 12.4 Å². The Morgan fingerprint density at radius 1 is 1.36 bits per heavy atom. The molecule has 76 valence electrons. The summed E-state index contributed by atoms with van der Waals surface area (Å²) >= 11 is 0. The van der Waals surface area contributed by atoms with Gasteiger partial charge in [-0.2, -0.15) is 0 Å². The molecule has 0 radical (unpaired) electrons. The number of amides is 1. The van der Waals surface area contributed by atoms with Crippen LogP contribution in [-0.4, -0.2) is 5.91 Å². The first kappa shape index (κ1) is 12.4. The van der Waals surface area contributed by atoms with Crippen LogP contribution in [0.2, 0.25) is 0 Å². The number of carbonyl (C=O) groups is 1. The molecule has 0 aliphatic heterocycles. The summed E-state index contributed by atoms with van der Waals surface area (Å²) in [5, 5.41) is 0. The molecule has 1 amide bonds. The van der Waals surface area contributed by atoms with Gasteiger partial charge in [-0.05, 0) is 23.8 Å². The third kappa shape index (κ3) is 3.45. The number of primary amides is 1. The van der Waals surface area contributed by atoms with E-state index < -0.39 is 5.91 Å². The molecule has 0 heterocycles. The summed E-state index contributed by atoms with van der Waals surface area (Å²) in [4.78, 5) is 10.5. The first-order valence-corrected chi connectivity index (χ1v) is 3.62. The van der Waals surface area contributed by atoms with Gasteiger partial charge in [-0.3, -0.25) is 4.79 Å². The molecule has 14 heavy (non-hydrogen) atoms. The zero-order chi connectivity index (χ0) is 9.84. The van der Waals surface area contributed by atoms with Crippen molar-refractivity contribution >= 4 is 24.4 Å². The van der Waals surface area contributed by atoms with Crippen LogP contribution in [0, 0.1) is 5.82 Å². The van der Waals surface area contributed by atoms with Crippen LogP contribution in [0.1, 0.15) is 5.56 Å². The molecule has 0 atom stereocenters. The molecule has 1 aromatic carbocycles. The van der Waals surface area contributed by atoms with Crippen molar-refractivity contribution in [2.45, 2.75) is 0 Å². The fourth-order valence-corrected chi connectivity index (χ4v) is 0.847. The van der Waals surface area contributed by atoms with Gasteiger partial charge >= 0.3 is 0 Å². The molecule has 0 bridgehead atoms. The highest BCUT2D eigenvalue weighted by Crippen LogP contribution is 2.06. The van der Waals surface area contributed by atoms with Gasteiger partial charge in [0.05, 0.1) is 5.70 Å². The minimum absolute atomic E-state index is 0. The van der Waals surface area contributed by atoms with E-state index in [1.165, 1.54) is 24.3 Å². The Morgan fingerprint density at radius 2 is 2.00 bits per heavy atom. The van der Waals surface area contributed by atoms with Crippen molar-refractivity contribution in [2.24, 2.45) is 11.5 Å². The minimum Gasteiger partial charge on any atom is -0.394 e. The van der Waals surface area contributed by atoms with Crippen LogP contribution in [-0.2, 0) is 4.79 Å². The maximum absolute atomic E-state index is 12.6. The monoisotopic (exact) mass is 216 g/mol. The molecule has 0 aliphatic carbocycles. The fourth-order valence-electron chi connectivity index (χ4n) is 0.847. The Balaban J connectivity index is 0.00000169. The molecule has 0 aliphatic rings. The first-order chi connectivity index (χ1) is 6.09. The Bertz CT molecular complexity index is 366. The van der Waals surface area contributed by atoms with Crippen LogP contribution in [0.25, 0.3) is 6.08 Å². The van der Waals surface area contributed by atoms with Crippen molar-refractivity contribution in [3.63, 3.8) is 0 Å². The zero-order valence-corrected chi connectivity index (χ0v) is 8.05. The van der Waals surface area contributed by atoms with E-state index in [-0.39, 0.29) is 23.9 Å². The summed E-state index contributed by atoms with van der Waals surface area (Å²) in [5.74, 6) is -1.10. The second kappa shape index (κ2) is 5.24. The average molecular weight is 217 g/mol. The Kier molecular flexibility index (Phi) is 4.66. The number of nitrogens with two attached hydrogens (primary N) is 2. The maximum Gasteiger partial charge on any atom is 0.264 e. The number of rotatable bonds is 2. The van der Waals surface area contributed by atoms with Crippen LogP contribution in [0.5, 0.6) is 0 Å². The number of carbonyl (C=O) groups excluding carboxylic acids is 1. The van der Waals surface area contributed by atoms with Gasteiger partial charge in [0.1, 0.15) is 5.82 Å². The largest absolute Gasteiger partial charge is 0.394 e. The molecule has 0 unspecified atom stereocenters.